The van der Waals surface area contributed by atoms with Gasteiger partial charge < -0.3 is 10.1 Å². The van der Waals surface area contributed by atoms with E-state index < -0.39 is 5.97 Å². The quantitative estimate of drug-likeness (QED) is 0.788. The second kappa shape index (κ2) is 7.90. The van der Waals surface area contributed by atoms with Gasteiger partial charge in [-0.25, -0.2) is 14.3 Å². The largest absolute Gasteiger partial charge is 0.465 e. The Morgan fingerprint density at radius 1 is 1.14 bits per heavy atom. The van der Waals surface area contributed by atoms with E-state index in [1.807, 2.05) is 0 Å². The van der Waals surface area contributed by atoms with Crippen molar-refractivity contribution in [3.63, 3.8) is 0 Å². The summed E-state index contributed by atoms with van der Waals surface area (Å²) >= 11 is 1.43. The van der Waals surface area contributed by atoms with Crippen LogP contribution in [0.25, 0.3) is 0 Å². The number of nitrogens with zero attached hydrogens (tertiary/aromatic N) is 3. The molecule has 1 aliphatic carbocycles. The molecule has 8 nitrogen and oxygen atoms in total. The van der Waals surface area contributed by atoms with Crippen molar-refractivity contribution < 1.29 is 14.3 Å². The second-order valence-electron chi connectivity index (χ2n) is 7.27. The predicted molar refractivity (Wildman–Crippen MR) is 105 cm³/mol. The number of thiophene rings is 1. The van der Waals surface area contributed by atoms with Gasteiger partial charge in [0.05, 0.1) is 12.7 Å². The number of rotatable bonds is 4. The lowest BCUT2D eigenvalue weighted by Gasteiger charge is -2.11. The number of anilines is 1. The summed E-state index contributed by atoms with van der Waals surface area (Å²) in [5.74, 6) is -0.0446. The lowest BCUT2D eigenvalue weighted by molar-refractivity contribution is -0.116. The van der Waals surface area contributed by atoms with E-state index >= 15 is 0 Å². The van der Waals surface area contributed by atoms with Gasteiger partial charge in [-0.15, -0.1) is 11.3 Å². The minimum absolute atomic E-state index is 0.165. The van der Waals surface area contributed by atoms with Gasteiger partial charge in [0, 0.05) is 17.8 Å². The molecule has 2 aliphatic rings. The zero-order valence-electron chi connectivity index (χ0n) is 16.0. The van der Waals surface area contributed by atoms with Gasteiger partial charge in [0.25, 0.3) is 0 Å². The van der Waals surface area contributed by atoms with Crippen LogP contribution in [0.3, 0.4) is 0 Å². The lowest BCUT2D eigenvalue weighted by Crippen LogP contribution is -2.30. The van der Waals surface area contributed by atoms with E-state index in [1.54, 1.807) is 4.57 Å². The van der Waals surface area contributed by atoms with Crippen LogP contribution in [0.2, 0.25) is 0 Å². The molecule has 0 radical (unpaired) electrons. The maximum Gasteiger partial charge on any atom is 0.346 e. The van der Waals surface area contributed by atoms with Crippen LogP contribution in [0, 0.1) is 0 Å². The zero-order valence-corrected chi connectivity index (χ0v) is 16.8. The number of hydrogen-bond acceptors (Lipinski definition) is 6. The number of aromatic nitrogens is 3. The SMILES string of the molecule is COC(=O)c1c(NC(=O)Cn2nc3n(c2=O)CCCCC3)sc2c1CCCC2. The molecule has 28 heavy (non-hydrogen) atoms. The standard InChI is InChI=1S/C19H24N4O4S/c1-27-18(25)16-12-7-4-5-8-13(12)28-17(16)20-15(24)11-23-19(26)22-10-6-2-3-9-14(22)21-23/h2-11H2,1H3,(H,20,24). The van der Waals surface area contributed by atoms with E-state index in [1.165, 1.54) is 23.1 Å². The summed E-state index contributed by atoms with van der Waals surface area (Å²) in [6.07, 6.45) is 7.64. The Labute approximate surface area is 166 Å². The normalized spacial score (nSPS) is 16.0. The third-order valence-corrected chi connectivity index (χ3v) is 6.60. The van der Waals surface area contributed by atoms with Crippen molar-refractivity contribution in [3.8, 4) is 0 Å². The highest BCUT2D eigenvalue weighted by Crippen LogP contribution is 2.38. The van der Waals surface area contributed by atoms with Crippen molar-refractivity contribution in [2.45, 2.75) is 64.5 Å². The van der Waals surface area contributed by atoms with Gasteiger partial charge in [-0.1, -0.05) is 6.42 Å². The Kier molecular flexibility index (Phi) is 5.34. The topological polar surface area (TPSA) is 95.2 Å². The summed E-state index contributed by atoms with van der Waals surface area (Å²) < 4.78 is 7.83. The van der Waals surface area contributed by atoms with Crippen molar-refractivity contribution in [3.05, 3.63) is 32.3 Å². The van der Waals surface area contributed by atoms with Crippen LogP contribution in [0.1, 0.15) is 58.7 Å². The maximum atomic E-state index is 12.6. The van der Waals surface area contributed by atoms with Gasteiger partial charge in [0.2, 0.25) is 5.91 Å². The Morgan fingerprint density at radius 2 is 1.93 bits per heavy atom. The average molecular weight is 404 g/mol. The summed E-state index contributed by atoms with van der Waals surface area (Å²) in [7, 11) is 1.35. The molecule has 2 aromatic rings. The Morgan fingerprint density at radius 3 is 2.75 bits per heavy atom. The molecule has 0 atom stereocenters. The zero-order chi connectivity index (χ0) is 19.7. The predicted octanol–water partition coefficient (Wildman–Crippen LogP) is 2.14. The minimum atomic E-state index is -0.430. The minimum Gasteiger partial charge on any atom is -0.465 e. The van der Waals surface area contributed by atoms with Crippen molar-refractivity contribution in [1.29, 1.82) is 0 Å². The number of aryl methyl sites for hydroxylation is 2. The highest BCUT2D eigenvalue weighted by atomic mass is 32.1. The van der Waals surface area contributed by atoms with E-state index in [0.717, 1.165) is 67.6 Å². The smallest absolute Gasteiger partial charge is 0.346 e. The molecular formula is C19H24N4O4S. The number of methoxy groups -OCH3 is 1. The lowest BCUT2D eigenvalue weighted by atomic mass is 9.95. The van der Waals surface area contributed by atoms with Gasteiger partial charge in [-0.2, -0.15) is 5.10 Å². The molecule has 9 heteroatoms. The molecule has 0 bridgehead atoms. The summed E-state index contributed by atoms with van der Waals surface area (Å²) in [4.78, 5) is 38.6. The molecule has 3 heterocycles. The molecule has 0 spiro atoms. The van der Waals surface area contributed by atoms with Gasteiger partial charge >= 0.3 is 11.7 Å². The first-order valence-corrected chi connectivity index (χ1v) is 10.6. The fourth-order valence-corrected chi connectivity index (χ4v) is 5.30. The van der Waals surface area contributed by atoms with Crippen molar-refractivity contribution in [2.75, 3.05) is 12.4 Å². The van der Waals surface area contributed by atoms with Crippen LogP contribution in [0.5, 0.6) is 0 Å². The van der Waals surface area contributed by atoms with E-state index in [0.29, 0.717) is 17.1 Å². The summed E-state index contributed by atoms with van der Waals surface area (Å²) in [6.45, 7) is 0.488. The number of carbonyl (C=O) groups is 2. The second-order valence-corrected chi connectivity index (χ2v) is 8.38. The molecule has 1 N–H and O–H groups in total. The van der Waals surface area contributed by atoms with Crippen molar-refractivity contribution in [1.82, 2.24) is 14.3 Å². The van der Waals surface area contributed by atoms with E-state index in [2.05, 4.69) is 10.4 Å². The van der Waals surface area contributed by atoms with E-state index in [4.69, 9.17) is 4.74 Å². The number of amides is 1. The highest BCUT2D eigenvalue weighted by Gasteiger charge is 2.27. The van der Waals surface area contributed by atoms with Crippen LogP contribution in [0.4, 0.5) is 5.00 Å². The van der Waals surface area contributed by atoms with E-state index in [-0.39, 0.29) is 18.1 Å². The van der Waals surface area contributed by atoms with Crippen LogP contribution in [-0.4, -0.2) is 33.3 Å². The van der Waals surface area contributed by atoms with Gasteiger partial charge in [-0.3, -0.25) is 9.36 Å². The monoisotopic (exact) mass is 404 g/mol. The molecule has 0 aromatic carbocycles. The molecule has 1 aliphatic heterocycles. The van der Waals surface area contributed by atoms with Crippen LogP contribution < -0.4 is 11.0 Å². The van der Waals surface area contributed by atoms with Crippen LogP contribution in [0.15, 0.2) is 4.79 Å². The first-order valence-electron chi connectivity index (χ1n) is 9.77. The molecule has 0 saturated carbocycles. The first kappa shape index (κ1) is 18.9. The number of carbonyl (C=O) groups excluding carboxylic acids is 2. The summed E-state index contributed by atoms with van der Waals surface area (Å²) in [5.41, 5.74) is 1.21. The molecule has 0 unspecified atom stereocenters. The van der Waals surface area contributed by atoms with E-state index in [9.17, 15) is 14.4 Å². The van der Waals surface area contributed by atoms with Crippen molar-refractivity contribution >= 4 is 28.2 Å². The highest BCUT2D eigenvalue weighted by molar-refractivity contribution is 7.17. The van der Waals surface area contributed by atoms with Crippen LogP contribution in [-0.2, 0) is 41.9 Å². The maximum absolute atomic E-state index is 12.6. The average Bonchev–Trinajstić information content (AvgIpc) is 3.07. The fraction of sp³-hybridized carbons (Fsp3) is 0.579. The molecular weight excluding hydrogens is 380 g/mol. The summed E-state index contributed by atoms with van der Waals surface area (Å²) in [5, 5.41) is 7.68. The molecule has 2 aromatic heterocycles. The number of fused-ring (bicyclic) bond motifs is 2. The van der Waals surface area contributed by atoms with Gasteiger partial charge in [0.1, 0.15) is 17.4 Å². The van der Waals surface area contributed by atoms with Gasteiger partial charge in [0.15, 0.2) is 0 Å². The third-order valence-electron chi connectivity index (χ3n) is 5.39. The Hall–Kier alpha value is -2.42. The molecule has 0 saturated heterocycles. The third kappa shape index (κ3) is 3.50. The molecule has 4 rings (SSSR count). The Balaban J connectivity index is 1.56. The van der Waals surface area contributed by atoms with Gasteiger partial charge in [-0.05, 0) is 44.1 Å². The fourth-order valence-electron chi connectivity index (χ4n) is 4.00. The van der Waals surface area contributed by atoms with Crippen LogP contribution >= 0.6 is 11.3 Å². The number of esters is 1. The summed E-state index contributed by atoms with van der Waals surface area (Å²) in [6, 6.07) is 0. The molecule has 0 fully saturated rings. The Bertz CT molecular complexity index is 971. The molecule has 150 valence electrons. The number of hydrogen-bond donors (Lipinski definition) is 1. The number of nitrogens with one attached hydrogen (secondary N) is 1. The number of ether oxygens (including phenoxy) is 1. The first-order chi connectivity index (χ1) is 13.6. The molecule has 1 amide bonds. The van der Waals surface area contributed by atoms with Crippen molar-refractivity contribution in [2.24, 2.45) is 0 Å².